The van der Waals surface area contributed by atoms with Gasteiger partial charge in [0, 0.05) is 60.2 Å². The summed E-state index contributed by atoms with van der Waals surface area (Å²) in [4.78, 5) is 18.5. The van der Waals surface area contributed by atoms with Gasteiger partial charge in [0.2, 0.25) is 0 Å². The van der Waals surface area contributed by atoms with Crippen molar-refractivity contribution in [2.24, 2.45) is 4.99 Å². The van der Waals surface area contributed by atoms with E-state index < -0.39 is 10.8 Å². The van der Waals surface area contributed by atoms with Gasteiger partial charge in [-0.1, -0.05) is 25.5 Å². The van der Waals surface area contributed by atoms with Crippen molar-refractivity contribution in [1.29, 1.82) is 0 Å². The smallest absolute Gasteiger partial charge is 0.321 e. The molecule has 3 N–H and O–H groups in total. The molecule has 8 heteroatoms. The van der Waals surface area contributed by atoms with Gasteiger partial charge in [0.05, 0.1) is 0 Å². The molecule has 1 heterocycles. The lowest BCUT2D eigenvalue weighted by Gasteiger charge is -2.30. The van der Waals surface area contributed by atoms with Gasteiger partial charge in [0.1, 0.15) is 0 Å². The second-order valence-electron chi connectivity index (χ2n) is 8.05. The average Bonchev–Trinajstić information content (AvgIpc) is 3.31. The fourth-order valence-electron chi connectivity index (χ4n) is 4.21. The van der Waals surface area contributed by atoms with Crippen molar-refractivity contribution in [1.82, 2.24) is 15.5 Å². The van der Waals surface area contributed by atoms with E-state index in [2.05, 4.69) is 20.9 Å². The maximum Gasteiger partial charge on any atom is 0.321 e. The molecule has 0 aromatic heterocycles. The van der Waals surface area contributed by atoms with Crippen LogP contribution in [0.1, 0.15) is 51.0 Å². The standard InChI is InChI=1S/C22H35N5O2S/c1-3-30(29)20-11-7-10-19(15-20)25-21(23-2)24-16-17-8-6-9-18(14-17)26-22(28)27-12-4-5-13-27/h6,8-9,14,19-20H,3-5,7,10-13,15-16H2,1-2H3,(H,26,28)(H2,23,24,25). The Morgan fingerprint density at radius 1 is 1.23 bits per heavy atom. The molecule has 3 atom stereocenters. The zero-order valence-corrected chi connectivity index (χ0v) is 19.0. The Morgan fingerprint density at radius 3 is 2.77 bits per heavy atom. The molecule has 0 bridgehead atoms. The topological polar surface area (TPSA) is 85.8 Å². The lowest BCUT2D eigenvalue weighted by atomic mass is 9.95. The molecule has 1 aliphatic heterocycles. The van der Waals surface area contributed by atoms with E-state index in [-0.39, 0.29) is 11.3 Å². The van der Waals surface area contributed by atoms with Gasteiger partial charge in [0.15, 0.2) is 5.96 Å². The Bertz CT molecular complexity index is 764. The zero-order chi connectivity index (χ0) is 21.3. The first-order valence-electron chi connectivity index (χ1n) is 11.1. The number of hydrogen-bond acceptors (Lipinski definition) is 3. The van der Waals surface area contributed by atoms with Gasteiger partial charge in [-0.3, -0.25) is 9.20 Å². The molecule has 2 fully saturated rings. The highest BCUT2D eigenvalue weighted by Crippen LogP contribution is 2.23. The van der Waals surface area contributed by atoms with Crippen LogP contribution < -0.4 is 16.0 Å². The average molecular weight is 434 g/mol. The molecule has 1 aromatic rings. The maximum absolute atomic E-state index is 12.3. The molecule has 0 radical (unpaired) electrons. The third-order valence-electron chi connectivity index (χ3n) is 5.88. The molecule has 30 heavy (non-hydrogen) atoms. The number of amides is 2. The molecule has 2 aliphatic rings. The van der Waals surface area contributed by atoms with Crippen LogP contribution in [0.2, 0.25) is 0 Å². The number of guanidine groups is 1. The predicted molar refractivity (Wildman–Crippen MR) is 124 cm³/mol. The van der Waals surface area contributed by atoms with Gasteiger partial charge >= 0.3 is 6.03 Å². The number of nitrogens with one attached hydrogen (secondary N) is 3. The quantitative estimate of drug-likeness (QED) is 0.475. The summed E-state index contributed by atoms with van der Waals surface area (Å²) in [6, 6.07) is 8.18. The van der Waals surface area contributed by atoms with Crippen LogP contribution in [-0.4, -0.2) is 58.3 Å². The van der Waals surface area contributed by atoms with E-state index >= 15 is 0 Å². The molecular formula is C22H35N5O2S. The predicted octanol–water partition coefficient (Wildman–Crippen LogP) is 3.06. The molecular weight excluding hydrogens is 398 g/mol. The monoisotopic (exact) mass is 433 g/mol. The van der Waals surface area contributed by atoms with Crippen molar-refractivity contribution in [3.05, 3.63) is 29.8 Å². The van der Waals surface area contributed by atoms with E-state index in [0.29, 0.717) is 12.6 Å². The van der Waals surface area contributed by atoms with Crippen LogP contribution in [0, 0.1) is 0 Å². The third-order valence-corrected chi connectivity index (χ3v) is 7.62. The SMILES string of the molecule is CCS(=O)C1CCCC(NC(=NC)NCc2cccc(NC(=O)N3CCCC3)c2)C1. The van der Waals surface area contributed by atoms with E-state index in [1.54, 1.807) is 7.05 Å². The number of nitrogens with zero attached hydrogens (tertiary/aromatic N) is 2. The largest absolute Gasteiger partial charge is 0.354 e. The van der Waals surface area contributed by atoms with Crippen molar-refractivity contribution in [2.75, 3.05) is 31.2 Å². The first-order chi connectivity index (χ1) is 14.6. The Morgan fingerprint density at radius 2 is 2.03 bits per heavy atom. The Kier molecular flexibility index (Phi) is 8.54. The fourth-order valence-corrected chi connectivity index (χ4v) is 5.55. The molecule has 1 aromatic carbocycles. The van der Waals surface area contributed by atoms with Crippen molar-refractivity contribution in [3.8, 4) is 0 Å². The molecule has 3 unspecified atom stereocenters. The number of carbonyl (C=O) groups excluding carboxylic acids is 1. The van der Waals surface area contributed by atoms with Gasteiger partial charge in [0.25, 0.3) is 0 Å². The number of carbonyl (C=O) groups is 1. The van der Waals surface area contributed by atoms with E-state index in [4.69, 9.17) is 0 Å². The van der Waals surface area contributed by atoms with E-state index in [9.17, 15) is 9.00 Å². The van der Waals surface area contributed by atoms with Crippen molar-refractivity contribution in [3.63, 3.8) is 0 Å². The molecule has 3 rings (SSSR count). The first kappa shape index (κ1) is 22.6. The van der Waals surface area contributed by atoms with Crippen LogP contribution >= 0.6 is 0 Å². The summed E-state index contributed by atoms with van der Waals surface area (Å²) in [7, 11) is 1.04. The molecule has 2 amide bonds. The number of rotatable bonds is 6. The molecule has 7 nitrogen and oxygen atoms in total. The van der Waals surface area contributed by atoms with Crippen molar-refractivity contribution in [2.45, 2.75) is 63.3 Å². The summed E-state index contributed by atoms with van der Waals surface area (Å²) < 4.78 is 12.2. The van der Waals surface area contributed by atoms with Gasteiger partial charge in [-0.05, 0) is 49.8 Å². The third kappa shape index (κ3) is 6.45. The first-order valence-corrected chi connectivity index (χ1v) is 12.5. The Balaban J connectivity index is 1.50. The number of aliphatic imine (C=N–C) groups is 1. The zero-order valence-electron chi connectivity index (χ0n) is 18.2. The number of hydrogen-bond donors (Lipinski definition) is 3. The summed E-state index contributed by atoms with van der Waals surface area (Å²) in [5.74, 6) is 1.49. The van der Waals surface area contributed by atoms with Gasteiger partial charge in [-0.25, -0.2) is 4.79 Å². The normalized spacial score (nSPS) is 23.1. The minimum atomic E-state index is -0.731. The number of urea groups is 1. The van der Waals surface area contributed by atoms with Gasteiger partial charge < -0.3 is 20.9 Å². The molecule has 1 saturated heterocycles. The highest BCUT2D eigenvalue weighted by atomic mass is 32.2. The van der Waals surface area contributed by atoms with Crippen molar-refractivity contribution >= 4 is 28.5 Å². The Labute approximate surface area is 182 Å². The molecule has 0 spiro atoms. The highest BCUT2D eigenvalue weighted by molar-refractivity contribution is 7.85. The van der Waals surface area contributed by atoms with Crippen LogP contribution in [0.5, 0.6) is 0 Å². The lowest BCUT2D eigenvalue weighted by Crippen LogP contribution is -2.46. The van der Waals surface area contributed by atoms with E-state index in [0.717, 1.165) is 74.6 Å². The summed E-state index contributed by atoms with van der Waals surface area (Å²) in [5.41, 5.74) is 1.89. The minimum Gasteiger partial charge on any atom is -0.354 e. The highest BCUT2D eigenvalue weighted by Gasteiger charge is 2.26. The minimum absolute atomic E-state index is 0.0218. The Hall–Kier alpha value is -2.09. The van der Waals surface area contributed by atoms with E-state index in [1.165, 1.54) is 0 Å². The van der Waals surface area contributed by atoms with Gasteiger partial charge in [-0.2, -0.15) is 0 Å². The van der Waals surface area contributed by atoms with Crippen LogP contribution in [-0.2, 0) is 17.3 Å². The molecule has 166 valence electrons. The second kappa shape index (κ2) is 11.3. The van der Waals surface area contributed by atoms with Crippen molar-refractivity contribution < 1.29 is 9.00 Å². The summed E-state index contributed by atoms with van der Waals surface area (Å²) >= 11 is 0. The number of likely N-dealkylation sites (tertiary alicyclic amines) is 1. The summed E-state index contributed by atoms with van der Waals surface area (Å²) in [6.45, 7) is 4.28. The van der Waals surface area contributed by atoms with Crippen LogP contribution in [0.25, 0.3) is 0 Å². The van der Waals surface area contributed by atoms with E-state index in [1.807, 2.05) is 36.1 Å². The molecule has 1 saturated carbocycles. The second-order valence-corrected chi connectivity index (χ2v) is 10.1. The molecule has 1 aliphatic carbocycles. The summed E-state index contributed by atoms with van der Waals surface area (Å²) in [6.07, 6.45) is 6.33. The van der Waals surface area contributed by atoms with Gasteiger partial charge in [-0.15, -0.1) is 0 Å². The lowest BCUT2D eigenvalue weighted by molar-refractivity contribution is 0.222. The number of benzene rings is 1. The summed E-state index contributed by atoms with van der Waals surface area (Å²) in [5, 5.41) is 10.1. The van der Waals surface area contributed by atoms with Crippen LogP contribution in [0.15, 0.2) is 29.3 Å². The van der Waals surface area contributed by atoms with Crippen LogP contribution in [0.4, 0.5) is 10.5 Å². The van der Waals surface area contributed by atoms with Crippen LogP contribution in [0.3, 0.4) is 0 Å². The maximum atomic E-state index is 12.3. The fraction of sp³-hybridized carbons (Fsp3) is 0.636. The number of anilines is 1.